The van der Waals surface area contributed by atoms with Crippen molar-refractivity contribution in [2.24, 2.45) is 0 Å². The molecule has 0 amide bonds. The minimum atomic E-state index is -3.07. The molecule has 0 bridgehead atoms. The number of aliphatic hydroxyl groups excluding tert-OH is 1. The van der Waals surface area contributed by atoms with E-state index in [1.165, 1.54) is 6.33 Å². The lowest BCUT2D eigenvalue weighted by atomic mass is 10.2. The molecule has 0 spiro atoms. The SMILES string of the molecule is O=S1(=O)CC(O)C(n2ccnc2)C1. The number of nitrogens with zero attached hydrogens (tertiary/aromatic N) is 2. The second-order valence-electron chi connectivity index (χ2n) is 3.22. The van der Waals surface area contributed by atoms with Gasteiger partial charge < -0.3 is 9.67 Å². The third-order valence-electron chi connectivity index (χ3n) is 2.20. The van der Waals surface area contributed by atoms with Crippen LogP contribution in [0.3, 0.4) is 0 Å². The van der Waals surface area contributed by atoms with E-state index in [2.05, 4.69) is 4.98 Å². The largest absolute Gasteiger partial charge is 0.390 e. The molecule has 1 aromatic heterocycles. The molecule has 1 aromatic rings. The number of hydrogen-bond acceptors (Lipinski definition) is 4. The van der Waals surface area contributed by atoms with Crippen LogP contribution in [0.5, 0.6) is 0 Å². The molecule has 1 fully saturated rings. The van der Waals surface area contributed by atoms with E-state index in [1.54, 1.807) is 17.0 Å². The van der Waals surface area contributed by atoms with Gasteiger partial charge in [0, 0.05) is 12.4 Å². The Morgan fingerprint density at radius 1 is 1.46 bits per heavy atom. The van der Waals surface area contributed by atoms with Gasteiger partial charge in [0.05, 0.1) is 30.0 Å². The Balaban J connectivity index is 2.28. The van der Waals surface area contributed by atoms with Crippen molar-refractivity contribution in [1.82, 2.24) is 9.55 Å². The summed E-state index contributed by atoms with van der Waals surface area (Å²) in [7, 11) is -3.07. The van der Waals surface area contributed by atoms with Gasteiger partial charge in [-0.15, -0.1) is 0 Å². The predicted octanol–water partition coefficient (Wildman–Crippen LogP) is -0.787. The van der Waals surface area contributed by atoms with E-state index in [-0.39, 0.29) is 17.5 Å². The van der Waals surface area contributed by atoms with Gasteiger partial charge in [-0.1, -0.05) is 0 Å². The first-order valence-corrected chi connectivity index (χ1v) is 5.76. The van der Waals surface area contributed by atoms with Crippen molar-refractivity contribution >= 4 is 9.84 Å². The zero-order valence-corrected chi connectivity index (χ0v) is 7.68. The maximum absolute atomic E-state index is 11.2. The van der Waals surface area contributed by atoms with Crippen LogP contribution in [0.25, 0.3) is 0 Å². The van der Waals surface area contributed by atoms with Crippen molar-refractivity contribution in [3.63, 3.8) is 0 Å². The monoisotopic (exact) mass is 202 g/mol. The van der Waals surface area contributed by atoms with Crippen LogP contribution in [0.1, 0.15) is 6.04 Å². The van der Waals surface area contributed by atoms with E-state index in [0.29, 0.717) is 0 Å². The maximum Gasteiger partial charge on any atom is 0.155 e. The van der Waals surface area contributed by atoms with E-state index < -0.39 is 15.9 Å². The highest BCUT2D eigenvalue weighted by Crippen LogP contribution is 2.23. The van der Waals surface area contributed by atoms with Crippen molar-refractivity contribution in [3.05, 3.63) is 18.7 Å². The summed E-state index contributed by atoms with van der Waals surface area (Å²) >= 11 is 0. The highest BCUT2D eigenvalue weighted by atomic mass is 32.2. The number of sulfone groups is 1. The van der Waals surface area contributed by atoms with Crippen LogP contribution in [0.15, 0.2) is 18.7 Å². The number of imidazole rings is 1. The highest BCUT2D eigenvalue weighted by molar-refractivity contribution is 7.91. The first-order chi connectivity index (χ1) is 6.08. The van der Waals surface area contributed by atoms with Crippen molar-refractivity contribution in [1.29, 1.82) is 0 Å². The normalized spacial score (nSPS) is 32.1. The third-order valence-corrected chi connectivity index (χ3v) is 3.90. The number of hydrogen-bond donors (Lipinski definition) is 1. The first-order valence-electron chi connectivity index (χ1n) is 3.94. The number of aromatic nitrogens is 2. The molecule has 2 rings (SSSR count). The summed E-state index contributed by atoms with van der Waals surface area (Å²) in [6.45, 7) is 0. The summed E-state index contributed by atoms with van der Waals surface area (Å²) in [6, 6.07) is -0.368. The molecule has 0 aliphatic carbocycles. The average molecular weight is 202 g/mol. The minimum absolute atomic E-state index is 0.00449. The van der Waals surface area contributed by atoms with Crippen molar-refractivity contribution in [3.8, 4) is 0 Å². The van der Waals surface area contributed by atoms with Gasteiger partial charge in [-0.3, -0.25) is 0 Å². The Kier molecular flexibility index (Phi) is 1.88. The molecule has 0 aromatic carbocycles. The Morgan fingerprint density at radius 3 is 2.69 bits per heavy atom. The van der Waals surface area contributed by atoms with E-state index in [1.807, 2.05) is 0 Å². The molecule has 1 aliphatic rings. The van der Waals surface area contributed by atoms with Crippen LogP contribution in [0.2, 0.25) is 0 Å². The van der Waals surface area contributed by atoms with Crippen LogP contribution in [0.4, 0.5) is 0 Å². The minimum Gasteiger partial charge on any atom is -0.390 e. The van der Waals surface area contributed by atoms with E-state index >= 15 is 0 Å². The lowest BCUT2D eigenvalue weighted by Gasteiger charge is -2.13. The maximum atomic E-state index is 11.2. The fourth-order valence-electron chi connectivity index (χ4n) is 1.56. The zero-order valence-electron chi connectivity index (χ0n) is 6.87. The van der Waals surface area contributed by atoms with Crippen LogP contribution in [-0.4, -0.2) is 40.7 Å². The van der Waals surface area contributed by atoms with E-state index in [0.717, 1.165) is 0 Å². The second-order valence-corrected chi connectivity index (χ2v) is 5.38. The third kappa shape index (κ3) is 1.59. The van der Waals surface area contributed by atoms with Crippen molar-refractivity contribution in [2.45, 2.75) is 12.1 Å². The average Bonchev–Trinajstić information content (AvgIpc) is 2.56. The molecule has 2 unspecified atom stereocenters. The summed E-state index contributed by atoms with van der Waals surface area (Å²) < 4.78 is 23.9. The molecule has 1 aliphatic heterocycles. The first kappa shape index (κ1) is 8.71. The summed E-state index contributed by atoms with van der Waals surface area (Å²) in [6.07, 6.45) is 3.94. The number of aliphatic hydroxyl groups is 1. The van der Waals surface area contributed by atoms with Gasteiger partial charge in [0.25, 0.3) is 0 Å². The van der Waals surface area contributed by atoms with Gasteiger partial charge in [-0.25, -0.2) is 13.4 Å². The Labute approximate surface area is 75.9 Å². The molecule has 72 valence electrons. The smallest absolute Gasteiger partial charge is 0.155 e. The lowest BCUT2D eigenvalue weighted by Crippen LogP contribution is -2.20. The van der Waals surface area contributed by atoms with Crippen LogP contribution >= 0.6 is 0 Å². The number of rotatable bonds is 1. The van der Waals surface area contributed by atoms with E-state index in [9.17, 15) is 13.5 Å². The van der Waals surface area contributed by atoms with Crippen LogP contribution in [0, 0.1) is 0 Å². The molecule has 5 nitrogen and oxygen atoms in total. The fourth-order valence-corrected chi connectivity index (χ4v) is 3.35. The van der Waals surface area contributed by atoms with Gasteiger partial charge in [0.15, 0.2) is 9.84 Å². The predicted molar refractivity (Wildman–Crippen MR) is 45.9 cm³/mol. The zero-order chi connectivity index (χ0) is 9.47. The summed E-state index contributed by atoms with van der Waals surface area (Å²) in [5, 5.41) is 9.47. The molecule has 2 atom stereocenters. The second kappa shape index (κ2) is 2.81. The quantitative estimate of drug-likeness (QED) is 0.648. The lowest BCUT2D eigenvalue weighted by molar-refractivity contribution is 0.153. The van der Waals surface area contributed by atoms with Gasteiger partial charge >= 0.3 is 0 Å². The Morgan fingerprint density at radius 2 is 2.23 bits per heavy atom. The molecule has 1 N–H and O–H groups in total. The molecule has 0 saturated carbocycles. The Hall–Kier alpha value is -0.880. The van der Waals surface area contributed by atoms with Crippen molar-refractivity contribution < 1.29 is 13.5 Å². The molecule has 2 heterocycles. The molecular weight excluding hydrogens is 192 g/mol. The van der Waals surface area contributed by atoms with Crippen molar-refractivity contribution in [2.75, 3.05) is 11.5 Å². The van der Waals surface area contributed by atoms with Gasteiger partial charge in [0.2, 0.25) is 0 Å². The van der Waals surface area contributed by atoms with Gasteiger partial charge in [-0.05, 0) is 0 Å². The standard InChI is InChI=1S/C7H10N2O3S/c10-7-4-13(11,12)3-6(7)9-2-1-8-5-9/h1-2,5-7,10H,3-4H2. The summed E-state index contributed by atoms with van der Waals surface area (Å²) in [5.74, 6) is -0.139. The molecule has 6 heteroatoms. The molecule has 0 radical (unpaired) electrons. The van der Waals surface area contributed by atoms with Gasteiger partial charge in [0.1, 0.15) is 0 Å². The molecule has 13 heavy (non-hydrogen) atoms. The summed E-state index contributed by atoms with van der Waals surface area (Å²) in [4.78, 5) is 3.81. The van der Waals surface area contributed by atoms with Crippen LogP contribution < -0.4 is 0 Å². The Bertz CT molecular complexity index is 384. The summed E-state index contributed by atoms with van der Waals surface area (Å²) in [5.41, 5.74) is 0. The molecule has 1 saturated heterocycles. The van der Waals surface area contributed by atoms with E-state index in [4.69, 9.17) is 0 Å². The molecular formula is C7H10N2O3S. The fraction of sp³-hybridized carbons (Fsp3) is 0.571. The highest BCUT2D eigenvalue weighted by Gasteiger charge is 2.37. The van der Waals surface area contributed by atoms with Gasteiger partial charge in [-0.2, -0.15) is 0 Å². The topological polar surface area (TPSA) is 72.2 Å². The van der Waals surface area contributed by atoms with Crippen LogP contribution in [-0.2, 0) is 9.84 Å².